The van der Waals surface area contributed by atoms with Crippen molar-refractivity contribution in [3.8, 4) is 17.2 Å². The highest BCUT2D eigenvalue weighted by Gasteiger charge is 2.34. The number of fused-ring (bicyclic) bond motifs is 1. The molecule has 8 heteroatoms. The third-order valence-corrected chi connectivity index (χ3v) is 5.12. The van der Waals surface area contributed by atoms with Crippen LogP contribution in [0.4, 0.5) is 0 Å². The number of aryl methyl sites for hydroxylation is 2. The summed E-state index contributed by atoms with van der Waals surface area (Å²) in [6.45, 7) is 6.48. The number of nitrogens with zero attached hydrogens (tertiary/aromatic N) is 2. The van der Waals surface area contributed by atoms with Gasteiger partial charge in [0.05, 0.1) is 12.7 Å². The lowest BCUT2D eigenvalue weighted by Crippen LogP contribution is -2.38. The third kappa shape index (κ3) is 4.74. The molecule has 2 heterocycles. The molecule has 33 heavy (non-hydrogen) atoms. The summed E-state index contributed by atoms with van der Waals surface area (Å²) >= 11 is 0. The zero-order chi connectivity index (χ0) is 23.5. The maximum Gasteiger partial charge on any atom is 0.282 e. The van der Waals surface area contributed by atoms with Gasteiger partial charge in [0.1, 0.15) is 24.7 Å². The highest BCUT2D eigenvalue weighted by Crippen LogP contribution is 2.30. The standard InChI is InChI=1S/C25H25N3O5/c1-15-5-6-16(2)21(11-15)32-10-9-31-20-8-7-18(14-22(20)30-4)13-19-24(26)28-23(27-25(19)29)12-17(3)33-28/h5-8,11-14,26H,9-10H2,1-4H3/b19-13-,26-24?. The monoisotopic (exact) mass is 447 g/mol. The lowest BCUT2D eigenvalue weighted by atomic mass is 10.1. The molecule has 0 aliphatic carbocycles. The molecule has 0 unspecified atom stereocenters. The molecular formula is C25H25N3O5. The van der Waals surface area contributed by atoms with Gasteiger partial charge in [0.25, 0.3) is 5.91 Å². The van der Waals surface area contributed by atoms with E-state index in [0.717, 1.165) is 16.9 Å². The van der Waals surface area contributed by atoms with Crippen molar-refractivity contribution in [2.75, 3.05) is 20.3 Å². The van der Waals surface area contributed by atoms with Gasteiger partial charge in [-0.25, -0.2) is 0 Å². The van der Waals surface area contributed by atoms with Crippen LogP contribution in [0.15, 0.2) is 58.8 Å². The molecule has 2 aliphatic rings. The van der Waals surface area contributed by atoms with Crippen LogP contribution in [-0.4, -0.2) is 43.0 Å². The Bertz CT molecular complexity index is 1210. The molecule has 0 radical (unpaired) electrons. The van der Waals surface area contributed by atoms with E-state index < -0.39 is 5.91 Å². The van der Waals surface area contributed by atoms with Gasteiger partial charge in [-0.1, -0.05) is 18.2 Å². The number of hydrogen-bond acceptors (Lipinski definition) is 6. The van der Waals surface area contributed by atoms with Crippen LogP contribution < -0.4 is 14.2 Å². The van der Waals surface area contributed by atoms with Crippen LogP contribution in [0, 0.1) is 19.3 Å². The van der Waals surface area contributed by atoms with Crippen molar-refractivity contribution in [3.05, 3.63) is 70.5 Å². The summed E-state index contributed by atoms with van der Waals surface area (Å²) in [5.41, 5.74) is 3.00. The van der Waals surface area contributed by atoms with Crippen LogP contribution in [0.2, 0.25) is 0 Å². The minimum absolute atomic E-state index is 0.0685. The number of allylic oxidation sites excluding steroid dienone is 1. The molecule has 0 fully saturated rings. The maximum atomic E-state index is 12.4. The molecule has 0 spiro atoms. The average molecular weight is 447 g/mol. The second-order valence-corrected chi connectivity index (χ2v) is 7.70. The number of rotatable bonds is 7. The van der Waals surface area contributed by atoms with Gasteiger partial charge in [-0.2, -0.15) is 4.99 Å². The second kappa shape index (κ2) is 9.20. The van der Waals surface area contributed by atoms with Crippen molar-refractivity contribution in [2.24, 2.45) is 4.99 Å². The number of hydroxylamine groups is 2. The minimum atomic E-state index is -0.497. The average Bonchev–Trinajstić information content (AvgIpc) is 3.17. The van der Waals surface area contributed by atoms with Crippen molar-refractivity contribution in [3.63, 3.8) is 0 Å². The van der Waals surface area contributed by atoms with Crippen LogP contribution in [-0.2, 0) is 9.63 Å². The van der Waals surface area contributed by atoms with Gasteiger partial charge >= 0.3 is 0 Å². The van der Waals surface area contributed by atoms with E-state index in [-0.39, 0.29) is 11.4 Å². The second-order valence-electron chi connectivity index (χ2n) is 7.70. The summed E-state index contributed by atoms with van der Waals surface area (Å²) in [6, 6.07) is 11.3. The predicted octanol–water partition coefficient (Wildman–Crippen LogP) is 4.22. The fraction of sp³-hybridized carbons (Fsp3) is 0.240. The van der Waals surface area contributed by atoms with Gasteiger partial charge in [-0.15, -0.1) is 5.06 Å². The molecule has 0 saturated carbocycles. The molecule has 4 rings (SSSR count). The van der Waals surface area contributed by atoms with Crippen LogP contribution in [0.25, 0.3) is 6.08 Å². The molecule has 0 atom stereocenters. The molecule has 170 valence electrons. The first-order valence-corrected chi connectivity index (χ1v) is 10.5. The highest BCUT2D eigenvalue weighted by molar-refractivity contribution is 6.32. The molecule has 0 aromatic heterocycles. The molecular weight excluding hydrogens is 422 g/mol. The third-order valence-electron chi connectivity index (χ3n) is 5.12. The first-order chi connectivity index (χ1) is 15.9. The largest absolute Gasteiger partial charge is 0.493 e. The van der Waals surface area contributed by atoms with E-state index in [1.807, 2.05) is 32.0 Å². The number of amidine groups is 2. The Balaban J connectivity index is 1.43. The number of aliphatic imine (C=N–C) groups is 1. The predicted molar refractivity (Wildman–Crippen MR) is 125 cm³/mol. The number of amides is 1. The molecule has 2 aromatic carbocycles. The Morgan fingerprint density at radius 2 is 1.79 bits per heavy atom. The normalized spacial score (nSPS) is 16.2. The Hall–Kier alpha value is -4.07. The van der Waals surface area contributed by atoms with E-state index in [2.05, 4.69) is 4.99 Å². The quantitative estimate of drug-likeness (QED) is 0.505. The van der Waals surface area contributed by atoms with E-state index in [0.29, 0.717) is 41.9 Å². The van der Waals surface area contributed by atoms with Crippen molar-refractivity contribution in [2.45, 2.75) is 20.8 Å². The number of carbonyl (C=O) groups excluding carboxylic acids is 1. The first kappa shape index (κ1) is 22.1. The molecule has 2 aromatic rings. The number of carbonyl (C=O) groups is 1. The number of ether oxygens (including phenoxy) is 3. The van der Waals surface area contributed by atoms with E-state index in [9.17, 15) is 4.79 Å². The smallest absolute Gasteiger partial charge is 0.282 e. The molecule has 0 bridgehead atoms. The maximum absolute atomic E-state index is 12.4. The van der Waals surface area contributed by atoms with Gasteiger partial charge in [-0.05, 0) is 61.7 Å². The van der Waals surface area contributed by atoms with Gasteiger partial charge in [0, 0.05) is 6.08 Å². The Morgan fingerprint density at radius 3 is 2.55 bits per heavy atom. The van der Waals surface area contributed by atoms with E-state index >= 15 is 0 Å². The molecule has 2 aliphatic heterocycles. The fourth-order valence-electron chi connectivity index (χ4n) is 3.43. The van der Waals surface area contributed by atoms with Crippen molar-refractivity contribution < 1.29 is 23.8 Å². The van der Waals surface area contributed by atoms with Crippen LogP contribution in [0.3, 0.4) is 0 Å². The van der Waals surface area contributed by atoms with Crippen molar-refractivity contribution in [1.29, 1.82) is 5.41 Å². The summed E-state index contributed by atoms with van der Waals surface area (Å²) in [7, 11) is 1.54. The number of methoxy groups -OCH3 is 1. The summed E-state index contributed by atoms with van der Waals surface area (Å²) in [5, 5.41) is 9.55. The SMILES string of the molecule is COc1cc(/C=C2/C(=N)N3OC(C)=CC3=NC2=O)ccc1OCCOc1cc(C)ccc1C. The summed E-state index contributed by atoms with van der Waals surface area (Å²) < 4.78 is 17.1. The minimum Gasteiger partial charge on any atom is -0.493 e. The van der Waals surface area contributed by atoms with Gasteiger partial charge in [0.2, 0.25) is 0 Å². The number of benzene rings is 2. The Kier molecular flexibility index (Phi) is 6.17. The first-order valence-electron chi connectivity index (χ1n) is 10.5. The number of nitrogens with one attached hydrogen (secondary N) is 1. The topological polar surface area (TPSA) is 93.4 Å². The van der Waals surface area contributed by atoms with E-state index in [1.165, 1.54) is 5.06 Å². The van der Waals surface area contributed by atoms with Gasteiger partial charge < -0.3 is 19.0 Å². The van der Waals surface area contributed by atoms with Crippen LogP contribution in [0.5, 0.6) is 17.2 Å². The summed E-state index contributed by atoms with van der Waals surface area (Å²) in [6.07, 6.45) is 3.19. The van der Waals surface area contributed by atoms with Crippen molar-refractivity contribution in [1.82, 2.24) is 5.06 Å². The Labute approximate surface area is 192 Å². The number of hydrogen-bond donors (Lipinski definition) is 1. The fourth-order valence-corrected chi connectivity index (χ4v) is 3.43. The highest BCUT2D eigenvalue weighted by atomic mass is 16.7. The molecule has 1 amide bonds. The molecule has 1 N–H and O–H groups in total. The zero-order valence-electron chi connectivity index (χ0n) is 19.0. The lowest BCUT2D eigenvalue weighted by molar-refractivity contribution is -0.114. The molecule has 0 saturated heterocycles. The van der Waals surface area contributed by atoms with Gasteiger partial charge in [0.15, 0.2) is 23.2 Å². The van der Waals surface area contributed by atoms with Crippen LogP contribution >= 0.6 is 0 Å². The van der Waals surface area contributed by atoms with E-state index in [4.69, 9.17) is 24.5 Å². The zero-order valence-corrected chi connectivity index (χ0v) is 19.0. The lowest BCUT2D eigenvalue weighted by Gasteiger charge is -2.23. The van der Waals surface area contributed by atoms with Crippen LogP contribution in [0.1, 0.15) is 23.6 Å². The summed E-state index contributed by atoms with van der Waals surface area (Å²) in [5.74, 6) is 2.21. The Morgan fingerprint density at radius 1 is 1.03 bits per heavy atom. The van der Waals surface area contributed by atoms with Gasteiger partial charge in [-0.3, -0.25) is 10.2 Å². The summed E-state index contributed by atoms with van der Waals surface area (Å²) in [4.78, 5) is 21.9. The van der Waals surface area contributed by atoms with Crippen molar-refractivity contribution >= 4 is 23.7 Å². The van der Waals surface area contributed by atoms with E-state index in [1.54, 1.807) is 44.4 Å². The molecule has 8 nitrogen and oxygen atoms in total.